The number of hydrogen-bond donors (Lipinski definition) is 0. The van der Waals surface area contributed by atoms with Gasteiger partial charge in [0.05, 0.1) is 0 Å². The van der Waals surface area contributed by atoms with Crippen molar-refractivity contribution in [3.63, 3.8) is 0 Å². The van der Waals surface area contributed by atoms with Crippen molar-refractivity contribution in [2.75, 3.05) is 33.2 Å². The fourth-order valence-electron chi connectivity index (χ4n) is 4.12. The number of rotatable bonds is 11. The second kappa shape index (κ2) is 12.2. The highest BCUT2D eigenvalue weighted by Crippen LogP contribution is 2.25. The minimum Gasteiger partial charge on any atom is -0.306 e. The van der Waals surface area contributed by atoms with E-state index >= 15 is 0 Å². The lowest BCUT2D eigenvalue weighted by Crippen LogP contribution is -2.30. The van der Waals surface area contributed by atoms with Gasteiger partial charge in [-0.2, -0.15) is 0 Å². The van der Waals surface area contributed by atoms with Gasteiger partial charge < -0.3 is 4.90 Å². The summed E-state index contributed by atoms with van der Waals surface area (Å²) in [6.07, 6.45) is 12.3. The lowest BCUT2D eigenvalue weighted by atomic mass is 9.99. The van der Waals surface area contributed by atoms with Gasteiger partial charge in [-0.15, -0.1) is 0 Å². The summed E-state index contributed by atoms with van der Waals surface area (Å²) in [6.45, 7) is 7.25. The summed E-state index contributed by atoms with van der Waals surface area (Å²) in [6, 6.07) is 11.7. The molecule has 0 fully saturated rings. The van der Waals surface area contributed by atoms with E-state index in [1.165, 1.54) is 17.5 Å². The minimum absolute atomic E-state index is 0.143. The molecule has 0 unspecified atom stereocenters. The van der Waals surface area contributed by atoms with Crippen LogP contribution in [-0.4, -0.2) is 43.0 Å². The van der Waals surface area contributed by atoms with Gasteiger partial charge >= 0.3 is 0 Å². The Morgan fingerprint density at radius 1 is 0.903 bits per heavy atom. The molecule has 0 aromatic heterocycles. The van der Waals surface area contributed by atoms with Crippen molar-refractivity contribution in [2.45, 2.75) is 39.2 Å². The maximum Gasteiger partial charge on any atom is 0.131 e. The van der Waals surface area contributed by atoms with Gasteiger partial charge in [-0.1, -0.05) is 61.0 Å². The Hall–Kier alpha value is -1.94. The second-order valence-electron chi connectivity index (χ2n) is 8.38. The fraction of sp³-hybridized carbons (Fsp3) is 0.407. The number of fused-ring (bicyclic) bond motifs is 1. The van der Waals surface area contributed by atoms with E-state index in [-0.39, 0.29) is 5.82 Å². The molecule has 2 nitrogen and oxygen atoms in total. The van der Waals surface area contributed by atoms with Crippen LogP contribution in [0.25, 0.3) is 12.2 Å². The van der Waals surface area contributed by atoms with Crippen molar-refractivity contribution < 1.29 is 4.39 Å². The Balaban J connectivity index is 1.72. The molecule has 0 radical (unpaired) electrons. The first kappa shape index (κ1) is 23.7. The van der Waals surface area contributed by atoms with Crippen LogP contribution in [-0.2, 0) is 13.0 Å². The lowest BCUT2D eigenvalue weighted by molar-refractivity contribution is 0.240. The second-order valence-corrected chi connectivity index (χ2v) is 8.82. The number of hydrogen-bond acceptors (Lipinski definition) is 2. The maximum absolute atomic E-state index is 14.4. The predicted octanol–water partition coefficient (Wildman–Crippen LogP) is 6.69. The predicted molar refractivity (Wildman–Crippen MR) is 132 cm³/mol. The van der Waals surface area contributed by atoms with Gasteiger partial charge in [-0.05, 0) is 87.3 Å². The summed E-state index contributed by atoms with van der Waals surface area (Å²) >= 11 is 6.04. The molecule has 1 aliphatic rings. The van der Waals surface area contributed by atoms with E-state index in [1.807, 2.05) is 30.4 Å². The molecule has 0 saturated carbocycles. The molecule has 0 spiro atoms. The first-order chi connectivity index (χ1) is 15.1. The average molecular weight is 441 g/mol. The van der Waals surface area contributed by atoms with Crippen LogP contribution in [0.4, 0.5) is 4.39 Å². The fourth-order valence-corrected chi connectivity index (χ4v) is 4.24. The van der Waals surface area contributed by atoms with Crippen LogP contribution < -0.4 is 0 Å². The number of benzene rings is 2. The molecule has 4 heteroatoms. The standard InChI is InChI=1S/C27H34ClFN2/c1-3-17-30(2)18-7-19-31(20-16-22-10-13-24(28)14-11-22)21-23-12-15-27(29)26-9-6-4-5-8-25(23)26/h5-6,8-15H,3-4,7,16-21H2,1-2H3. The Bertz CT molecular complexity index is 889. The molecule has 0 bridgehead atoms. The first-order valence-corrected chi connectivity index (χ1v) is 11.7. The molecule has 166 valence electrons. The van der Waals surface area contributed by atoms with Crippen LogP contribution in [0.15, 0.2) is 48.6 Å². The highest BCUT2D eigenvalue weighted by molar-refractivity contribution is 6.30. The van der Waals surface area contributed by atoms with E-state index < -0.39 is 0 Å². The van der Waals surface area contributed by atoms with Crippen LogP contribution in [0.1, 0.15) is 48.4 Å². The first-order valence-electron chi connectivity index (χ1n) is 11.4. The average Bonchev–Trinajstić information content (AvgIpc) is 3.02. The van der Waals surface area contributed by atoms with Crippen LogP contribution in [0.5, 0.6) is 0 Å². The molecule has 0 N–H and O–H groups in total. The largest absolute Gasteiger partial charge is 0.306 e. The van der Waals surface area contributed by atoms with E-state index in [9.17, 15) is 4.39 Å². The Morgan fingerprint density at radius 2 is 1.65 bits per heavy atom. The van der Waals surface area contributed by atoms with Gasteiger partial charge in [0.15, 0.2) is 0 Å². The molecule has 2 aromatic carbocycles. The van der Waals surface area contributed by atoms with Gasteiger partial charge in [-0.25, -0.2) is 4.39 Å². The molecule has 3 rings (SSSR count). The van der Waals surface area contributed by atoms with Crippen molar-refractivity contribution in [2.24, 2.45) is 0 Å². The number of nitrogens with zero attached hydrogens (tertiary/aromatic N) is 2. The highest BCUT2D eigenvalue weighted by Gasteiger charge is 2.14. The van der Waals surface area contributed by atoms with Gasteiger partial charge in [0.1, 0.15) is 5.82 Å². The summed E-state index contributed by atoms with van der Waals surface area (Å²) in [5.74, 6) is -0.143. The summed E-state index contributed by atoms with van der Waals surface area (Å²) in [4.78, 5) is 4.90. The molecule has 0 aliphatic heterocycles. The lowest BCUT2D eigenvalue weighted by Gasteiger charge is -2.25. The normalized spacial score (nSPS) is 13.1. The Labute approximate surface area is 192 Å². The monoisotopic (exact) mass is 440 g/mol. The smallest absolute Gasteiger partial charge is 0.131 e. The number of halogens is 2. The molecule has 2 aromatic rings. The minimum atomic E-state index is -0.143. The molecule has 0 saturated heterocycles. The van der Waals surface area contributed by atoms with Crippen molar-refractivity contribution in [3.05, 3.63) is 81.6 Å². The molecule has 0 amide bonds. The van der Waals surface area contributed by atoms with Crippen molar-refractivity contribution in [3.8, 4) is 0 Å². The topological polar surface area (TPSA) is 6.48 Å². The summed E-state index contributed by atoms with van der Waals surface area (Å²) in [7, 11) is 2.19. The third-order valence-corrected chi connectivity index (χ3v) is 6.06. The molecule has 1 aliphatic carbocycles. The van der Waals surface area contributed by atoms with E-state index in [0.29, 0.717) is 5.56 Å². The Kier molecular flexibility index (Phi) is 9.32. The van der Waals surface area contributed by atoms with Crippen molar-refractivity contribution in [1.82, 2.24) is 9.80 Å². The van der Waals surface area contributed by atoms with Gasteiger partial charge in [-0.3, -0.25) is 4.90 Å². The maximum atomic E-state index is 14.4. The quantitative estimate of drug-likeness (QED) is 0.384. The van der Waals surface area contributed by atoms with E-state index in [0.717, 1.165) is 62.6 Å². The molecule has 0 heterocycles. The molecule has 31 heavy (non-hydrogen) atoms. The molecule has 0 atom stereocenters. The van der Waals surface area contributed by atoms with Crippen LogP contribution in [0, 0.1) is 5.82 Å². The molecular formula is C27H34ClFN2. The SMILES string of the molecule is CCCN(C)CCCN(CCc1ccc(Cl)cc1)Cc1ccc(F)c2c1C=CCC=C2. The Morgan fingerprint density at radius 3 is 2.39 bits per heavy atom. The summed E-state index contributed by atoms with van der Waals surface area (Å²) < 4.78 is 14.4. The van der Waals surface area contributed by atoms with Gasteiger partial charge in [0.2, 0.25) is 0 Å². The zero-order valence-corrected chi connectivity index (χ0v) is 19.5. The third-order valence-electron chi connectivity index (χ3n) is 5.81. The van der Waals surface area contributed by atoms with Crippen LogP contribution in [0.2, 0.25) is 5.02 Å². The third kappa shape index (κ3) is 7.31. The van der Waals surface area contributed by atoms with Crippen molar-refractivity contribution >= 4 is 23.8 Å². The zero-order chi connectivity index (χ0) is 22.1. The van der Waals surface area contributed by atoms with E-state index in [1.54, 1.807) is 6.07 Å². The zero-order valence-electron chi connectivity index (χ0n) is 18.8. The van der Waals surface area contributed by atoms with E-state index in [4.69, 9.17) is 11.6 Å². The van der Waals surface area contributed by atoms with Gasteiger partial charge in [0.25, 0.3) is 0 Å². The summed E-state index contributed by atoms with van der Waals surface area (Å²) in [5, 5.41) is 0.772. The number of allylic oxidation sites excluding steroid dienone is 2. The molecular weight excluding hydrogens is 407 g/mol. The summed E-state index contributed by atoms with van der Waals surface area (Å²) in [5.41, 5.74) is 4.22. The van der Waals surface area contributed by atoms with Crippen LogP contribution in [0.3, 0.4) is 0 Å². The van der Waals surface area contributed by atoms with Crippen LogP contribution >= 0.6 is 11.6 Å². The van der Waals surface area contributed by atoms with Crippen molar-refractivity contribution in [1.29, 1.82) is 0 Å². The highest BCUT2D eigenvalue weighted by atomic mass is 35.5. The van der Waals surface area contributed by atoms with E-state index in [2.05, 4.69) is 48.1 Å². The van der Waals surface area contributed by atoms with Gasteiger partial charge in [0, 0.05) is 23.7 Å².